The van der Waals surface area contributed by atoms with Gasteiger partial charge in [-0.2, -0.15) is 4.31 Å². The molecule has 1 fully saturated rings. The first-order chi connectivity index (χ1) is 15.9. The Bertz CT molecular complexity index is 1260. The molecule has 1 amide bonds. The van der Waals surface area contributed by atoms with Gasteiger partial charge in [0.2, 0.25) is 15.9 Å². The number of aromatic nitrogens is 1. The van der Waals surface area contributed by atoms with E-state index in [0.717, 1.165) is 20.3 Å². The Labute approximate surface area is 205 Å². The normalized spacial score (nSPS) is 15.0. The molecule has 1 N–H and O–H groups in total. The number of fused-ring (bicyclic) bond motifs is 1. The topological polar surface area (TPSA) is 97.8 Å². The predicted octanol–water partition coefficient (Wildman–Crippen LogP) is 4.10. The molecular formula is C21H22ClN3O5S3. The molecular weight excluding hydrogens is 506 g/mol. The number of morpholine rings is 1. The highest BCUT2D eigenvalue weighted by Gasteiger charge is 2.28. The van der Waals surface area contributed by atoms with Crippen molar-refractivity contribution in [2.24, 2.45) is 0 Å². The van der Waals surface area contributed by atoms with Crippen molar-refractivity contribution in [2.75, 3.05) is 44.0 Å². The summed E-state index contributed by atoms with van der Waals surface area (Å²) in [6.45, 7) is 3.72. The van der Waals surface area contributed by atoms with E-state index in [1.807, 2.05) is 25.1 Å². The highest BCUT2D eigenvalue weighted by Crippen LogP contribution is 2.32. The number of thiazole rings is 1. The Kier molecular flexibility index (Phi) is 7.77. The number of carbonyl (C=O) groups excluding carboxylic acids is 1. The van der Waals surface area contributed by atoms with Crippen molar-refractivity contribution in [3.05, 3.63) is 41.4 Å². The third-order valence-corrected chi connectivity index (χ3v) is 9.32. The molecule has 2 heterocycles. The third-order valence-electron chi connectivity index (χ3n) is 4.78. The first-order valence-corrected chi connectivity index (χ1v) is 13.8. The summed E-state index contributed by atoms with van der Waals surface area (Å²) in [5, 5.41) is 2.85. The maximum atomic E-state index is 13.0. The SMILES string of the molecule is CCOc1ccc2nc(SCC(=O)Nc3ccc(Cl)c(S(=O)(=O)N4CCOCC4)c3)sc2c1. The van der Waals surface area contributed by atoms with E-state index in [-0.39, 0.29) is 34.7 Å². The molecule has 0 atom stereocenters. The molecule has 8 nitrogen and oxygen atoms in total. The molecule has 1 aliphatic rings. The molecule has 1 aliphatic heterocycles. The summed E-state index contributed by atoms with van der Waals surface area (Å²) in [5.41, 5.74) is 1.21. The number of rotatable bonds is 8. The highest BCUT2D eigenvalue weighted by molar-refractivity contribution is 8.01. The highest BCUT2D eigenvalue weighted by atomic mass is 35.5. The number of benzene rings is 2. The van der Waals surface area contributed by atoms with Gasteiger partial charge in [-0.05, 0) is 43.3 Å². The fourth-order valence-electron chi connectivity index (χ4n) is 3.23. The fourth-order valence-corrected chi connectivity index (χ4v) is 7.04. The van der Waals surface area contributed by atoms with Gasteiger partial charge in [0.15, 0.2) is 4.34 Å². The molecule has 12 heteroatoms. The molecule has 0 radical (unpaired) electrons. The van der Waals surface area contributed by atoms with Gasteiger partial charge in [-0.15, -0.1) is 11.3 Å². The van der Waals surface area contributed by atoms with E-state index in [2.05, 4.69) is 10.3 Å². The Balaban J connectivity index is 1.41. The number of thioether (sulfide) groups is 1. The van der Waals surface area contributed by atoms with Crippen LogP contribution in [0.15, 0.2) is 45.6 Å². The molecule has 2 aromatic carbocycles. The summed E-state index contributed by atoms with van der Waals surface area (Å²) < 4.78 is 39.7. The van der Waals surface area contributed by atoms with Gasteiger partial charge in [0, 0.05) is 18.8 Å². The number of nitrogens with one attached hydrogen (secondary N) is 1. The number of halogens is 1. The second-order valence-electron chi connectivity index (χ2n) is 7.04. The van der Waals surface area contributed by atoms with Crippen LogP contribution in [0.3, 0.4) is 0 Å². The van der Waals surface area contributed by atoms with E-state index in [9.17, 15) is 13.2 Å². The Morgan fingerprint density at radius 1 is 1.27 bits per heavy atom. The van der Waals surface area contributed by atoms with Crippen molar-refractivity contribution in [1.82, 2.24) is 9.29 Å². The fraction of sp³-hybridized carbons (Fsp3) is 0.333. The van der Waals surface area contributed by atoms with Crippen LogP contribution in [0, 0.1) is 0 Å². The second-order valence-corrected chi connectivity index (χ2v) is 11.6. The van der Waals surface area contributed by atoms with Crippen molar-refractivity contribution in [2.45, 2.75) is 16.2 Å². The lowest BCUT2D eigenvalue weighted by Crippen LogP contribution is -2.40. The largest absolute Gasteiger partial charge is 0.494 e. The van der Waals surface area contributed by atoms with Gasteiger partial charge >= 0.3 is 0 Å². The molecule has 0 saturated carbocycles. The van der Waals surface area contributed by atoms with Gasteiger partial charge in [0.25, 0.3) is 0 Å². The summed E-state index contributed by atoms with van der Waals surface area (Å²) in [4.78, 5) is 17.0. The van der Waals surface area contributed by atoms with Gasteiger partial charge in [0.1, 0.15) is 10.6 Å². The lowest BCUT2D eigenvalue weighted by molar-refractivity contribution is -0.113. The van der Waals surface area contributed by atoms with Crippen LogP contribution in [0.5, 0.6) is 5.75 Å². The van der Waals surface area contributed by atoms with Crippen LogP contribution in [0.25, 0.3) is 10.2 Å². The Hall–Kier alpha value is -1.89. The van der Waals surface area contributed by atoms with Crippen LogP contribution in [0.2, 0.25) is 5.02 Å². The number of anilines is 1. The lowest BCUT2D eigenvalue weighted by Gasteiger charge is -2.26. The smallest absolute Gasteiger partial charge is 0.244 e. The van der Waals surface area contributed by atoms with Crippen LogP contribution in [0.4, 0.5) is 5.69 Å². The van der Waals surface area contributed by atoms with Gasteiger partial charge in [0.05, 0.1) is 40.8 Å². The number of hydrogen-bond acceptors (Lipinski definition) is 8. The molecule has 1 saturated heterocycles. The second kappa shape index (κ2) is 10.6. The van der Waals surface area contributed by atoms with Crippen molar-refractivity contribution < 1.29 is 22.7 Å². The standard InChI is InChI=1S/C21H22ClN3O5S3/c1-2-30-15-4-6-17-18(12-15)32-21(24-17)31-13-20(26)23-14-3-5-16(22)19(11-14)33(27,28)25-7-9-29-10-8-25/h3-6,11-12H,2,7-10,13H2,1H3,(H,23,26). The monoisotopic (exact) mass is 527 g/mol. The van der Waals surface area contributed by atoms with Crippen molar-refractivity contribution in [1.29, 1.82) is 0 Å². The van der Waals surface area contributed by atoms with Gasteiger partial charge in [-0.25, -0.2) is 13.4 Å². The lowest BCUT2D eigenvalue weighted by atomic mass is 10.3. The van der Waals surface area contributed by atoms with Crippen molar-refractivity contribution in [3.8, 4) is 5.75 Å². The maximum Gasteiger partial charge on any atom is 0.244 e. The number of ether oxygens (including phenoxy) is 2. The van der Waals surface area contributed by atoms with Crippen LogP contribution >= 0.6 is 34.7 Å². The first kappa shape index (κ1) is 24.2. The first-order valence-electron chi connectivity index (χ1n) is 10.2. The number of nitrogens with zero attached hydrogens (tertiary/aromatic N) is 2. The van der Waals surface area contributed by atoms with Gasteiger partial charge < -0.3 is 14.8 Å². The minimum absolute atomic E-state index is 0.0344. The summed E-state index contributed by atoms with van der Waals surface area (Å²) in [6.07, 6.45) is 0. The van der Waals surface area contributed by atoms with Crippen LogP contribution in [-0.2, 0) is 19.6 Å². The quantitative estimate of drug-likeness (QED) is 0.440. The summed E-state index contributed by atoms with van der Waals surface area (Å²) in [7, 11) is -3.78. The van der Waals surface area contributed by atoms with E-state index >= 15 is 0 Å². The molecule has 0 aliphatic carbocycles. The molecule has 176 valence electrons. The zero-order valence-corrected chi connectivity index (χ0v) is 21.0. The molecule has 1 aromatic heterocycles. The Morgan fingerprint density at radius 3 is 2.82 bits per heavy atom. The molecule has 0 unspecified atom stereocenters. The number of amides is 1. The van der Waals surface area contributed by atoms with E-state index in [0.29, 0.717) is 25.5 Å². The van der Waals surface area contributed by atoms with Crippen LogP contribution in [-0.4, -0.2) is 62.3 Å². The molecule has 0 bridgehead atoms. The summed E-state index contributed by atoms with van der Waals surface area (Å²) >= 11 is 8.98. The summed E-state index contributed by atoms with van der Waals surface area (Å²) in [5.74, 6) is 0.645. The number of carbonyl (C=O) groups is 1. The molecule has 4 rings (SSSR count). The Morgan fingerprint density at radius 2 is 2.06 bits per heavy atom. The van der Waals surface area contributed by atoms with Gasteiger partial charge in [-0.3, -0.25) is 4.79 Å². The zero-order valence-electron chi connectivity index (χ0n) is 17.7. The van der Waals surface area contributed by atoms with Crippen LogP contribution < -0.4 is 10.1 Å². The number of sulfonamides is 1. The van der Waals surface area contributed by atoms with E-state index in [1.165, 1.54) is 39.5 Å². The average Bonchev–Trinajstić information content (AvgIpc) is 3.22. The summed E-state index contributed by atoms with van der Waals surface area (Å²) in [6, 6.07) is 10.1. The van der Waals surface area contributed by atoms with Crippen molar-refractivity contribution in [3.63, 3.8) is 0 Å². The van der Waals surface area contributed by atoms with E-state index in [1.54, 1.807) is 6.07 Å². The minimum Gasteiger partial charge on any atom is -0.494 e. The maximum absolute atomic E-state index is 13.0. The molecule has 3 aromatic rings. The predicted molar refractivity (Wildman–Crippen MR) is 131 cm³/mol. The number of hydrogen-bond donors (Lipinski definition) is 1. The van der Waals surface area contributed by atoms with Crippen LogP contribution in [0.1, 0.15) is 6.92 Å². The van der Waals surface area contributed by atoms with E-state index in [4.69, 9.17) is 21.1 Å². The zero-order chi connectivity index (χ0) is 23.4. The minimum atomic E-state index is -3.78. The van der Waals surface area contributed by atoms with Crippen molar-refractivity contribution >= 4 is 66.5 Å². The molecule has 0 spiro atoms. The molecule has 33 heavy (non-hydrogen) atoms. The van der Waals surface area contributed by atoms with Gasteiger partial charge in [-0.1, -0.05) is 23.4 Å². The average molecular weight is 528 g/mol. The third kappa shape index (κ3) is 5.79. The van der Waals surface area contributed by atoms with E-state index < -0.39 is 10.0 Å².